The SMILES string of the molecule is CSc1nnc(-c2cc(O)cc(O)c2)o1. The van der Waals surface area contributed by atoms with Gasteiger partial charge < -0.3 is 14.6 Å². The van der Waals surface area contributed by atoms with Crippen molar-refractivity contribution >= 4 is 11.8 Å². The topological polar surface area (TPSA) is 79.4 Å². The van der Waals surface area contributed by atoms with Crippen molar-refractivity contribution in [1.29, 1.82) is 0 Å². The Hall–Kier alpha value is -1.69. The number of phenolic OH excluding ortho intramolecular Hbond substituents is 2. The van der Waals surface area contributed by atoms with Crippen molar-refractivity contribution in [3.8, 4) is 23.0 Å². The molecule has 6 heteroatoms. The normalized spacial score (nSPS) is 10.5. The van der Waals surface area contributed by atoms with Crippen molar-refractivity contribution in [1.82, 2.24) is 10.2 Å². The summed E-state index contributed by atoms with van der Waals surface area (Å²) >= 11 is 1.33. The zero-order valence-electron chi connectivity index (χ0n) is 7.84. The Balaban J connectivity index is 2.44. The first-order chi connectivity index (χ1) is 7.19. The number of hydrogen-bond donors (Lipinski definition) is 2. The third kappa shape index (κ3) is 2.04. The van der Waals surface area contributed by atoms with Gasteiger partial charge >= 0.3 is 0 Å². The number of nitrogens with zero attached hydrogens (tertiary/aromatic N) is 2. The predicted octanol–water partition coefficient (Wildman–Crippen LogP) is 1.87. The average Bonchev–Trinajstić information content (AvgIpc) is 2.64. The maximum atomic E-state index is 9.26. The van der Waals surface area contributed by atoms with Gasteiger partial charge in [0.15, 0.2) is 0 Å². The molecule has 0 saturated carbocycles. The largest absolute Gasteiger partial charge is 0.508 e. The van der Waals surface area contributed by atoms with Crippen LogP contribution >= 0.6 is 11.8 Å². The molecule has 2 N–H and O–H groups in total. The molecule has 1 aromatic heterocycles. The predicted molar refractivity (Wildman–Crippen MR) is 54.8 cm³/mol. The van der Waals surface area contributed by atoms with Gasteiger partial charge in [0.2, 0.25) is 5.89 Å². The van der Waals surface area contributed by atoms with Crippen LogP contribution in [-0.4, -0.2) is 26.7 Å². The Morgan fingerprint density at radius 2 is 1.80 bits per heavy atom. The lowest BCUT2D eigenvalue weighted by Crippen LogP contribution is -1.78. The number of aromatic hydroxyl groups is 2. The molecule has 1 aromatic carbocycles. The highest BCUT2D eigenvalue weighted by Crippen LogP contribution is 2.28. The standard InChI is InChI=1S/C9H8N2O3S/c1-15-9-11-10-8(14-9)5-2-6(12)4-7(13)3-5/h2-4,12-13H,1H3. The summed E-state index contributed by atoms with van der Waals surface area (Å²) in [5.74, 6) is 0.174. The molecule has 0 aliphatic carbocycles. The molecule has 0 fully saturated rings. The van der Waals surface area contributed by atoms with Crippen LogP contribution in [0, 0.1) is 0 Å². The zero-order chi connectivity index (χ0) is 10.8. The van der Waals surface area contributed by atoms with Gasteiger partial charge in [-0.1, -0.05) is 11.8 Å². The van der Waals surface area contributed by atoms with E-state index in [0.29, 0.717) is 10.8 Å². The van der Waals surface area contributed by atoms with Crippen molar-refractivity contribution in [2.75, 3.05) is 6.26 Å². The van der Waals surface area contributed by atoms with E-state index in [1.165, 1.54) is 30.0 Å². The first-order valence-corrected chi connectivity index (χ1v) is 5.32. The van der Waals surface area contributed by atoms with E-state index in [1.807, 2.05) is 6.26 Å². The van der Waals surface area contributed by atoms with E-state index in [4.69, 9.17) is 4.42 Å². The molecular formula is C9H8N2O3S. The Morgan fingerprint density at radius 3 is 2.33 bits per heavy atom. The Labute approximate surface area is 89.8 Å². The second-order valence-electron chi connectivity index (χ2n) is 2.82. The minimum Gasteiger partial charge on any atom is -0.508 e. The van der Waals surface area contributed by atoms with Crippen molar-refractivity contribution < 1.29 is 14.6 Å². The summed E-state index contributed by atoms with van der Waals surface area (Å²) in [5, 5.41) is 26.5. The Morgan fingerprint density at radius 1 is 1.13 bits per heavy atom. The molecule has 0 saturated heterocycles. The number of thioether (sulfide) groups is 1. The molecule has 0 spiro atoms. The van der Waals surface area contributed by atoms with Crippen molar-refractivity contribution in [3.63, 3.8) is 0 Å². The number of hydrogen-bond acceptors (Lipinski definition) is 6. The molecule has 5 nitrogen and oxygen atoms in total. The van der Waals surface area contributed by atoms with Crippen LogP contribution < -0.4 is 0 Å². The molecule has 2 rings (SSSR count). The van der Waals surface area contributed by atoms with Crippen LogP contribution in [0.4, 0.5) is 0 Å². The summed E-state index contributed by atoms with van der Waals surface area (Å²) in [4.78, 5) is 0. The number of rotatable bonds is 2. The number of aromatic nitrogens is 2. The van der Waals surface area contributed by atoms with Gasteiger partial charge in [-0.15, -0.1) is 10.2 Å². The number of benzene rings is 1. The molecule has 78 valence electrons. The van der Waals surface area contributed by atoms with Crippen molar-refractivity contribution in [2.24, 2.45) is 0 Å². The first-order valence-electron chi connectivity index (χ1n) is 4.10. The van der Waals surface area contributed by atoms with E-state index in [1.54, 1.807) is 0 Å². The summed E-state index contributed by atoms with van der Waals surface area (Å²) in [7, 11) is 0. The molecule has 0 amide bonds. The van der Waals surface area contributed by atoms with E-state index < -0.39 is 0 Å². The Bertz CT molecular complexity index is 464. The van der Waals surface area contributed by atoms with Crippen LogP contribution in [0.5, 0.6) is 11.5 Å². The fourth-order valence-corrected chi connectivity index (χ4v) is 1.41. The lowest BCUT2D eigenvalue weighted by molar-refractivity contribution is 0.447. The molecule has 0 atom stereocenters. The third-order valence-corrected chi connectivity index (χ3v) is 2.24. The monoisotopic (exact) mass is 224 g/mol. The van der Waals surface area contributed by atoms with Crippen molar-refractivity contribution in [2.45, 2.75) is 5.22 Å². The molecule has 2 aromatic rings. The van der Waals surface area contributed by atoms with Crippen LogP contribution in [0.1, 0.15) is 0 Å². The van der Waals surface area contributed by atoms with Gasteiger partial charge in [-0.05, 0) is 18.4 Å². The van der Waals surface area contributed by atoms with E-state index in [-0.39, 0.29) is 17.4 Å². The van der Waals surface area contributed by atoms with Crippen LogP contribution in [0.2, 0.25) is 0 Å². The van der Waals surface area contributed by atoms with E-state index >= 15 is 0 Å². The highest BCUT2D eigenvalue weighted by molar-refractivity contribution is 7.98. The van der Waals surface area contributed by atoms with Crippen LogP contribution in [-0.2, 0) is 0 Å². The summed E-state index contributed by atoms with van der Waals surface area (Å²) in [6.07, 6.45) is 1.82. The van der Waals surface area contributed by atoms with Crippen LogP contribution in [0.25, 0.3) is 11.5 Å². The molecule has 15 heavy (non-hydrogen) atoms. The average molecular weight is 224 g/mol. The molecule has 0 aliphatic rings. The van der Waals surface area contributed by atoms with E-state index in [9.17, 15) is 10.2 Å². The molecule has 0 unspecified atom stereocenters. The highest BCUT2D eigenvalue weighted by atomic mass is 32.2. The molecule has 0 aliphatic heterocycles. The van der Waals surface area contributed by atoms with Crippen molar-refractivity contribution in [3.05, 3.63) is 18.2 Å². The summed E-state index contributed by atoms with van der Waals surface area (Å²) in [6, 6.07) is 4.12. The zero-order valence-corrected chi connectivity index (χ0v) is 8.65. The van der Waals surface area contributed by atoms with Gasteiger partial charge in [-0.3, -0.25) is 0 Å². The molecule has 0 bridgehead atoms. The molecule has 0 radical (unpaired) electrons. The van der Waals surface area contributed by atoms with Crippen LogP contribution in [0.3, 0.4) is 0 Å². The fraction of sp³-hybridized carbons (Fsp3) is 0.111. The fourth-order valence-electron chi connectivity index (χ4n) is 1.13. The number of phenols is 2. The van der Waals surface area contributed by atoms with Gasteiger partial charge in [0, 0.05) is 11.6 Å². The van der Waals surface area contributed by atoms with Gasteiger partial charge in [0.25, 0.3) is 5.22 Å². The van der Waals surface area contributed by atoms with E-state index in [0.717, 1.165) is 0 Å². The van der Waals surface area contributed by atoms with Gasteiger partial charge in [0.05, 0.1) is 0 Å². The summed E-state index contributed by atoms with van der Waals surface area (Å²) in [6.45, 7) is 0. The minimum absolute atomic E-state index is 0.0473. The lowest BCUT2D eigenvalue weighted by atomic mass is 10.2. The maximum absolute atomic E-state index is 9.26. The maximum Gasteiger partial charge on any atom is 0.276 e. The van der Waals surface area contributed by atoms with E-state index in [2.05, 4.69) is 10.2 Å². The summed E-state index contributed by atoms with van der Waals surface area (Å²) in [5.41, 5.74) is 0.486. The summed E-state index contributed by atoms with van der Waals surface area (Å²) < 4.78 is 5.25. The van der Waals surface area contributed by atoms with Gasteiger partial charge in [-0.2, -0.15) is 0 Å². The lowest BCUT2D eigenvalue weighted by Gasteiger charge is -1.97. The van der Waals surface area contributed by atoms with Gasteiger partial charge in [0.1, 0.15) is 11.5 Å². The second kappa shape index (κ2) is 3.82. The molecule has 1 heterocycles. The first kappa shape index (κ1) is 9.85. The molecular weight excluding hydrogens is 216 g/mol. The third-order valence-electron chi connectivity index (χ3n) is 1.73. The highest BCUT2D eigenvalue weighted by Gasteiger charge is 2.09. The van der Waals surface area contributed by atoms with Gasteiger partial charge in [-0.25, -0.2) is 0 Å². The quantitative estimate of drug-likeness (QED) is 0.758. The minimum atomic E-state index is -0.0473. The van der Waals surface area contributed by atoms with Crippen LogP contribution in [0.15, 0.2) is 27.8 Å². The second-order valence-corrected chi connectivity index (χ2v) is 3.57. The Kier molecular flexibility index (Phi) is 2.51. The smallest absolute Gasteiger partial charge is 0.276 e.